The van der Waals surface area contributed by atoms with Crippen LogP contribution in [0.5, 0.6) is 0 Å². The highest BCUT2D eigenvalue weighted by Crippen LogP contribution is 2.14. The van der Waals surface area contributed by atoms with Crippen molar-refractivity contribution in [1.29, 1.82) is 0 Å². The number of amides is 2. The van der Waals surface area contributed by atoms with Crippen molar-refractivity contribution in [3.63, 3.8) is 0 Å². The quantitative estimate of drug-likeness (QED) is 0.0774. The first kappa shape index (κ1) is 35.8. The van der Waals surface area contributed by atoms with Gasteiger partial charge in [0.05, 0.1) is 6.61 Å². The third-order valence-corrected chi connectivity index (χ3v) is 5.73. The van der Waals surface area contributed by atoms with Crippen molar-refractivity contribution >= 4 is 18.2 Å². The van der Waals surface area contributed by atoms with E-state index in [2.05, 4.69) is 6.58 Å². The van der Waals surface area contributed by atoms with Gasteiger partial charge in [-0.2, -0.15) is 0 Å². The largest absolute Gasteiger partial charge is 0.462 e. The van der Waals surface area contributed by atoms with Crippen LogP contribution in [0.1, 0.15) is 120 Å². The second-order valence-electron chi connectivity index (χ2n) is 12.0. The maximum atomic E-state index is 12.8. The average molecular weight is 541 g/mol. The Bertz CT molecular complexity index is 709. The lowest BCUT2D eigenvalue weighted by Gasteiger charge is -2.31. The summed E-state index contributed by atoms with van der Waals surface area (Å²) in [6.45, 7) is 20.7. The molecule has 0 N–H and O–H groups in total. The lowest BCUT2D eigenvalue weighted by atomic mass is 10.1. The summed E-state index contributed by atoms with van der Waals surface area (Å²) < 4.78 is 16.2. The SMILES string of the molecule is C=C(C)C(=O)OCCCCCCCCCCCCN(CCN(CC)C(=O)OC(C)(C)C)C(=O)OC(C)(C)C. The van der Waals surface area contributed by atoms with Crippen LogP contribution in [0.2, 0.25) is 0 Å². The van der Waals surface area contributed by atoms with E-state index < -0.39 is 11.2 Å². The van der Waals surface area contributed by atoms with Gasteiger partial charge >= 0.3 is 18.2 Å². The van der Waals surface area contributed by atoms with E-state index in [1.807, 2.05) is 48.5 Å². The molecule has 0 rings (SSSR count). The molecule has 8 nitrogen and oxygen atoms in total. The number of likely N-dealkylation sites (N-methyl/N-ethyl adjacent to an activating group) is 1. The Morgan fingerprint density at radius 1 is 0.632 bits per heavy atom. The van der Waals surface area contributed by atoms with Crippen LogP contribution in [-0.2, 0) is 19.0 Å². The van der Waals surface area contributed by atoms with Gasteiger partial charge in [-0.25, -0.2) is 14.4 Å². The van der Waals surface area contributed by atoms with E-state index in [9.17, 15) is 14.4 Å². The smallest absolute Gasteiger partial charge is 0.410 e. The fourth-order valence-electron chi connectivity index (χ4n) is 3.67. The highest BCUT2D eigenvalue weighted by molar-refractivity contribution is 5.86. The van der Waals surface area contributed by atoms with Gasteiger partial charge in [-0.3, -0.25) is 0 Å². The Kier molecular flexibility index (Phi) is 17.8. The van der Waals surface area contributed by atoms with E-state index in [-0.39, 0.29) is 18.2 Å². The predicted molar refractivity (Wildman–Crippen MR) is 153 cm³/mol. The van der Waals surface area contributed by atoms with Crippen LogP contribution in [0, 0.1) is 0 Å². The van der Waals surface area contributed by atoms with Crippen molar-refractivity contribution in [2.24, 2.45) is 0 Å². The molecule has 0 aliphatic carbocycles. The molecule has 0 spiro atoms. The van der Waals surface area contributed by atoms with Crippen LogP contribution in [0.15, 0.2) is 12.2 Å². The van der Waals surface area contributed by atoms with E-state index >= 15 is 0 Å². The average Bonchev–Trinajstić information content (AvgIpc) is 2.78. The number of hydrogen-bond donors (Lipinski definition) is 0. The van der Waals surface area contributed by atoms with Gasteiger partial charge in [-0.1, -0.05) is 57.9 Å². The van der Waals surface area contributed by atoms with E-state index in [1.165, 1.54) is 25.7 Å². The Labute approximate surface area is 232 Å². The topological polar surface area (TPSA) is 85.4 Å². The summed E-state index contributed by atoms with van der Waals surface area (Å²) in [6, 6.07) is 0. The number of unbranched alkanes of at least 4 members (excludes halogenated alkanes) is 9. The van der Waals surface area contributed by atoms with Crippen molar-refractivity contribution in [3.8, 4) is 0 Å². The van der Waals surface area contributed by atoms with Crippen LogP contribution in [-0.4, -0.2) is 71.9 Å². The summed E-state index contributed by atoms with van der Waals surface area (Å²) in [5, 5.41) is 0. The van der Waals surface area contributed by atoms with Crippen molar-refractivity contribution in [1.82, 2.24) is 9.80 Å². The van der Waals surface area contributed by atoms with Crippen LogP contribution in [0.4, 0.5) is 9.59 Å². The standard InChI is InChI=1S/C30H56N2O6/c1-10-31(27(34)37-29(4,5)6)22-23-32(28(35)38-30(7,8)9)21-19-17-15-13-11-12-14-16-18-20-24-36-26(33)25(2)3/h2,10-24H2,1,3-9H3. The Morgan fingerprint density at radius 3 is 1.45 bits per heavy atom. The number of nitrogens with zero attached hydrogens (tertiary/aromatic N) is 2. The number of carbonyl (C=O) groups is 3. The fraction of sp³-hybridized carbons (Fsp3) is 0.833. The third-order valence-electron chi connectivity index (χ3n) is 5.73. The molecule has 0 fully saturated rings. The minimum atomic E-state index is -0.569. The highest BCUT2D eigenvalue weighted by Gasteiger charge is 2.25. The third kappa shape index (κ3) is 19.8. The second kappa shape index (κ2) is 18.9. The van der Waals surface area contributed by atoms with E-state index in [0.29, 0.717) is 38.4 Å². The minimum Gasteiger partial charge on any atom is -0.462 e. The minimum absolute atomic E-state index is 0.303. The van der Waals surface area contributed by atoms with Crippen molar-refractivity contribution in [3.05, 3.63) is 12.2 Å². The number of ether oxygens (including phenoxy) is 3. The molecule has 0 bridgehead atoms. The summed E-state index contributed by atoms with van der Waals surface area (Å²) >= 11 is 0. The molecular formula is C30H56N2O6. The van der Waals surface area contributed by atoms with Gasteiger partial charge in [-0.05, 0) is 68.2 Å². The summed E-state index contributed by atoms with van der Waals surface area (Å²) in [4.78, 5) is 39.9. The van der Waals surface area contributed by atoms with E-state index in [4.69, 9.17) is 14.2 Å². The van der Waals surface area contributed by atoms with Gasteiger partial charge in [0.2, 0.25) is 0 Å². The van der Waals surface area contributed by atoms with Gasteiger partial charge in [0.15, 0.2) is 0 Å². The van der Waals surface area contributed by atoms with Crippen molar-refractivity contribution < 1.29 is 28.6 Å². The van der Waals surface area contributed by atoms with Gasteiger partial charge in [0.1, 0.15) is 11.2 Å². The molecule has 0 aliphatic rings. The Hall–Kier alpha value is -2.25. The second-order valence-corrected chi connectivity index (χ2v) is 12.0. The zero-order valence-corrected chi connectivity index (χ0v) is 25.7. The first-order valence-electron chi connectivity index (χ1n) is 14.4. The van der Waals surface area contributed by atoms with E-state index in [0.717, 1.165) is 38.5 Å². The predicted octanol–water partition coefficient (Wildman–Crippen LogP) is 7.50. The molecule has 0 radical (unpaired) electrons. The summed E-state index contributed by atoms with van der Waals surface area (Å²) in [5.41, 5.74) is -0.680. The molecule has 0 unspecified atom stereocenters. The zero-order chi connectivity index (χ0) is 29.2. The summed E-state index contributed by atoms with van der Waals surface area (Å²) in [5.74, 6) is -0.303. The lowest BCUT2D eigenvalue weighted by molar-refractivity contribution is -0.139. The molecule has 0 saturated carbocycles. The monoisotopic (exact) mass is 540 g/mol. The van der Waals surface area contributed by atoms with Crippen LogP contribution >= 0.6 is 0 Å². The normalized spacial score (nSPS) is 11.6. The van der Waals surface area contributed by atoms with Crippen LogP contribution in [0.25, 0.3) is 0 Å². The highest BCUT2D eigenvalue weighted by atomic mass is 16.6. The molecule has 0 heterocycles. The van der Waals surface area contributed by atoms with Crippen LogP contribution < -0.4 is 0 Å². The maximum Gasteiger partial charge on any atom is 0.410 e. The number of hydrogen-bond acceptors (Lipinski definition) is 6. The van der Waals surface area contributed by atoms with Gasteiger partial charge in [0, 0.05) is 31.8 Å². The van der Waals surface area contributed by atoms with Crippen LogP contribution in [0.3, 0.4) is 0 Å². The number of carbonyl (C=O) groups excluding carboxylic acids is 3. The van der Waals surface area contributed by atoms with Crippen molar-refractivity contribution in [2.75, 3.05) is 32.8 Å². The molecule has 222 valence electrons. The van der Waals surface area contributed by atoms with Gasteiger partial charge < -0.3 is 24.0 Å². The molecular weight excluding hydrogens is 484 g/mol. The molecule has 0 aromatic carbocycles. The molecule has 0 atom stereocenters. The zero-order valence-electron chi connectivity index (χ0n) is 25.7. The molecule has 38 heavy (non-hydrogen) atoms. The number of rotatable bonds is 18. The van der Waals surface area contributed by atoms with E-state index in [1.54, 1.807) is 16.7 Å². The molecule has 2 amide bonds. The summed E-state index contributed by atoms with van der Waals surface area (Å²) in [6.07, 6.45) is 10.3. The molecule has 0 aromatic heterocycles. The Balaban J connectivity index is 4.28. The fourth-order valence-corrected chi connectivity index (χ4v) is 3.67. The molecule has 8 heteroatoms. The first-order chi connectivity index (χ1) is 17.7. The molecule has 0 aliphatic heterocycles. The maximum absolute atomic E-state index is 12.8. The van der Waals surface area contributed by atoms with Crippen molar-refractivity contribution in [2.45, 2.75) is 131 Å². The van der Waals surface area contributed by atoms with Gasteiger partial charge in [0.25, 0.3) is 0 Å². The number of esters is 1. The molecule has 0 saturated heterocycles. The summed E-state index contributed by atoms with van der Waals surface area (Å²) in [7, 11) is 0. The molecule has 0 aromatic rings. The first-order valence-corrected chi connectivity index (χ1v) is 14.4. The lowest BCUT2D eigenvalue weighted by Crippen LogP contribution is -2.44. The van der Waals surface area contributed by atoms with Gasteiger partial charge in [-0.15, -0.1) is 0 Å². The Morgan fingerprint density at radius 2 is 1.03 bits per heavy atom.